The summed E-state index contributed by atoms with van der Waals surface area (Å²) in [5.41, 5.74) is -3.86. The number of hydrogen-bond donors (Lipinski definition) is 0. The largest absolute Gasteiger partial charge is 0.314 e. The van der Waals surface area contributed by atoms with E-state index in [9.17, 15) is 30.0 Å². The highest BCUT2D eigenvalue weighted by Gasteiger charge is 2.80. The maximum atomic E-state index is 14.1. The maximum Gasteiger partial charge on any atom is 0.314 e. The molecule has 6 nitrogen and oxygen atoms in total. The molecule has 4 unspecified atom stereocenters. The van der Waals surface area contributed by atoms with E-state index in [0.29, 0.717) is 29.7 Å². The summed E-state index contributed by atoms with van der Waals surface area (Å²) in [6.07, 6.45) is 0. The molecule has 1 aliphatic heterocycles. The van der Waals surface area contributed by atoms with Crippen molar-refractivity contribution >= 4 is 51.9 Å². The summed E-state index contributed by atoms with van der Waals surface area (Å²) < 4.78 is 80.1. The molecule has 0 spiro atoms. The lowest BCUT2D eigenvalue weighted by Crippen LogP contribution is -2.70. The molecule has 0 saturated carbocycles. The van der Waals surface area contributed by atoms with Crippen LogP contribution in [0.4, 0.5) is 13.2 Å². The highest BCUT2D eigenvalue weighted by atomic mass is 127. The van der Waals surface area contributed by atoms with Crippen LogP contribution in [0, 0.1) is 0 Å². The van der Waals surface area contributed by atoms with E-state index in [1.54, 1.807) is 0 Å². The van der Waals surface area contributed by atoms with Gasteiger partial charge in [0.15, 0.2) is 0 Å². The number of rotatable bonds is 1. The Morgan fingerprint density at radius 3 is 1.89 bits per heavy atom. The van der Waals surface area contributed by atoms with E-state index in [2.05, 4.69) is 4.84 Å². The van der Waals surface area contributed by atoms with Crippen LogP contribution in [0.1, 0.15) is 6.92 Å². The molecule has 1 rings (SSSR count). The van der Waals surface area contributed by atoms with Crippen molar-refractivity contribution in [2.75, 3.05) is 7.11 Å². The summed E-state index contributed by atoms with van der Waals surface area (Å²) in [4.78, 5) is 3.98. The number of halogens is 4. The first-order valence-electron chi connectivity index (χ1n) is 4.08. The average Bonchev–Trinajstić information content (AvgIpc) is 2.15. The van der Waals surface area contributed by atoms with Crippen LogP contribution in [0.15, 0.2) is 0 Å². The first-order chi connectivity index (χ1) is 7.69. The Bertz CT molecular complexity index is 526. The molecule has 0 amide bonds. The fourth-order valence-electron chi connectivity index (χ4n) is 1.21. The molecular weight excluding hydrogens is 433 g/mol. The molecule has 1 heterocycles. The average molecular weight is 441 g/mol. The molecule has 0 N–H and O–H groups in total. The van der Waals surface area contributed by atoms with Crippen LogP contribution in [0.2, 0.25) is 0 Å². The van der Waals surface area contributed by atoms with Crippen molar-refractivity contribution in [3.8, 4) is 0 Å². The zero-order valence-electron chi connectivity index (χ0n) is 8.89. The van der Waals surface area contributed by atoms with E-state index >= 15 is 0 Å². The van der Waals surface area contributed by atoms with Crippen molar-refractivity contribution in [3.63, 3.8) is 0 Å². The van der Waals surface area contributed by atoms with Gasteiger partial charge < -0.3 is 0 Å². The quantitative estimate of drug-likeness (QED) is 0.342. The smallest absolute Gasteiger partial charge is 0.273 e. The maximum absolute atomic E-state index is 14.1. The SMILES string of the molecule is CON1S(=O)(=O)C(F)(P)C(C)(F)C(F)(I)S1(=O)=O. The molecule has 18 heavy (non-hydrogen) atoms. The molecule has 0 aromatic carbocycles. The highest BCUT2D eigenvalue weighted by molar-refractivity contribution is 14.1. The molecule has 1 saturated heterocycles. The Hall–Kier alpha value is 0.770. The second-order valence-electron chi connectivity index (χ2n) is 3.52. The fourth-order valence-corrected chi connectivity index (χ4v) is 7.62. The number of sulfonamides is 2. The van der Waals surface area contributed by atoms with Crippen LogP contribution in [0.3, 0.4) is 0 Å². The van der Waals surface area contributed by atoms with Crippen LogP contribution in [0.25, 0.3) is 0 Å². The van der Waals surface area contributed by atoms with E-state index in [1.807, 2.05) is 0 Å². The van der Waals surface area contributed by atoms with Crippen LogP contribution >= 0.6 is 31.8 Å². The predicted molar refractivity (Wildman–Crippen MR) is 67.6 cm³/mol. The second kappa shape index (κ2) is 4.13. The van der Waals surface area contributed by atoms with Gasteiger partial charge in [-0.25, -0.2) is 30.0 Å². The first-order valence-corrected chi connectivity index (χ1v) is 8.61. The minimum atomic E-state index is -5.44. The van der Waals surface area contributed by atoms with Gasteiger partial charge in [-0.05, 0) is 29.5 Å². The van der Waals surface area contributed by atoms with Crippen molar-refractivity contribution in [2.24, 2.45) is 0 Å². The topological polar surface area (TPSA) is 80.8 Å². The Balaban J connectivity index is 3.83. The summed E-state index contributed by atoms with van der Waals surface area (Å²) in [6.45, 7) is 0.203. The zero-order chi connectivity index (χ0) is 14.8. The summed E-state index contributed by atoms with van der Waals surface area (Å²) >= 11 is 0.488. The highest BCUT2D eigenvalue weighted by Crippen LogP contribution is 2.59. The molecule has 0 bridgehead atoms. The van der Waals surface area contributed by atoms with Crippen LogP contribution in [-0.4, -0.2) is 41.2 Å². The van der Waals surface area contributed by atoms with Crippen LogP contribution in [-0.2, 0) is 24.9 Å². The van der Waals surface area contributed by atoms with Gasteiger partial charge >= 0.3 is 3.01 Å². The van der Waals surface area contributed by atoms with Crippen molar-refractivity contribution in [1.29, 1.82) is 0 Å². The van der Waals surface area contributed by atoms with Gasteiger partial charge in [-0.2, -0.15) is 0 Å². The number of alkyl halides is 4. The van der Waals surface area contributed by atoms with E-state index in [1.165, 1.54) is 0 Å². The van der Waals surface area contributed by atoms with E-state index in [4.69, 9.17) is 0 Å². The Kier molecular flexibility index (Phi) is 3.86. The van der Waals surface area contributed by atoms with Crippen molar-refractivity contribution in [2.45, 2.75) is 20.3 Å². The Morgan fingerprint density at radius 2 is 1.56 bits per heavy atom. The monoisotopic (exact) mass is 441 g/mol. The minimum absolute atomic E-state index is 0.203. The third-order valence-electron chi connectivity index (χ3n) is 2.43. The molecule has 4 atom stereocenters. The molecule has 0 aromatic heterocycles. The summed E-state index contributed by atoms with van der Waals surface area (Å²) in [5, 5.41) is 0. The Labute approximate surface area is 118 Å². The lowest BCUT2D eigenvalue weighted by atomic mass is 10.2. The lowest BCUT2D eigenvalue weighted by molar-refractivity contribution is -0.0252. The molecule has 1 aliphatic rings. The number of hydrogen-bond acceptors (Lipinski definition) is 5. The van der Waals surface area contributed by atoms with Gasteiger partial charge in [-0.1, -0.05) is 9.24 Å². The molecule has 108 valence electrons. The lowest BCUT2D eigenvalue weighted by Gasteiger charge is -2.45. The van der Waals surface area contributed by atoms with E-state index in [0.717, 1.165) is 9.24 Å². The zero-order valence-corrected chi connectivity index (χ0v) is 13.8. The van der Waals surface area contributed by atoms with Gasteiger partial charge in [0.25, 0.3) is 24.8 Å². The molecule has 0 aliphatic carbocycles. The second-order valence-corrected chi connectivity index (χ2v) is 10.9. The van der Waals surface area contributed by atoms with Gasteiger partial charge in [0.05, 0.1) is 7.11 Å². The third kappa shape index (κ3) is 1.62. The summed E-state index contributed by atoms with van der Waals surface area (Å²) in [5.74, 6) is 0. The van der Waals surface area contributed by atoms with Crippen molar-refractivity contribution in [3.05, 3.63) is 0 Å². The van der Waals surface area contributed by atoms with Crippen molar-refractivity contribution < 1.29 is 34.8 Å². The molecule has 1 fully saturated rings. The third-order valence-corrected chi connectivity index (χ3v) is 11.0. The Morgan fingerprint density at radius 1 is 1.17 bits per heavy atom. The minimum Gasteiger partial charge on any atom is -0.273 e. The molecule has 0 aromatic rings. The van der Waals surface area contributed by atoms with Gasteiger partial charge in [-0.15, -0.1) is 0 Å². The summed E-state index contributed by atoms with van der Waals surface area (Å²) in [6, 6.07) is 0. The van der Waals surface area contributed by atoms with Gasteiger partial charge in [0, 0.05) is 3.87 Å². The van der Waals surface area contributed by atoms with E-state index < -0.39 is 37.3 Å². The molecule has 13 heteroatoms. The fraction of sp³-hybridized carbons (Fsp3) is 1.00. The van der Waals surface area contributed by atoms with Crippen molar-refractivity contribution in [1.82, 2.24) is 3.87 Å². The van der Waals surface area contributed by atoms with Gasteiger partial charge in [-0.3, -0.25) is 4.84 Å². The standard InChI is InChI=1S/C5H8F3INO5PS2/c1-3(6)4(7,9)17(11,12)10(15-2)18(13,14)5(3,8)16/h16H2,1-2H3. The molecule has 0 radical (unpaired) electrons. The van der Waals surface area contributed by atoms with Gasteiger partial charge in [0.2, 0.25) is 5.67 Å². The predicted octanol–water partition coefficient (Wildman–Crippen LogP) is 0.808. The van der Waals surface area contributed by atoms with Crippen LogP contribution in [0.5, 0.6) is 0 Å². The summed E-state index contributed by atoms with van der Waals surface area (Å²) in [7, 11) is -9.32. The normalized spacial score (nSPS) is 47.9. The van der Waals surface area contributed by atoms with E-state index in [-0.39, 0.29) is 6.92 Å². The molecular formula is C5H8F3INO5PS2. The van der Waals surface area contributed by atoms with Crippen LogP contribution < -0.4 is 0 Å². The van der Waals surface area contributed by atoms with Gasteiger partial charge in [0.1, 0.15) is 0 Å². The first kappa shape index (κ1) is 16.8. The number of nitrogens with zero attached hydrogens (tertiary/aromatic N) is 1.